The van der Waals surface area contributed by atoms with Crippen molar-refractivity contribution >= 4 is 12.1 Å². The Kier molecular flexibility index (Phi) is 3.48. The molecular weight excluding hydrogens is 208 g/mol. The molecule has 1 unspecified atom stereocenters. The number of esters is 1. The quantitative estimate of drug-likeness (QED) is 0.419. The molecule has 15 heavy (non-hydrogen) atoms. The lowest BCUT2D eigenvalue weighted by Crippen LogP contribution is -2.32. The average molecular weight is 220 g/mol. The first kappa shape index (κ1) is 11.7. The molecule has 86 valence electrons. The second-order valence-corrected chi connectivity index (χ2v) is 2.90. The smallest absolute Gasteiger partial charge is 0.450 e. The van der Waals surface area contributed by atoms with Gasteiger partial charge in [-0.25, -0.2) is 9.59 Å². The van der Waals surface area contributed by atoms with Crippen molar-refractivity contribution in [3.05, 3.63) is 0 Å². The molecule has 0 aromatic rings. The minimum atomic E-state index is -1.53. The fourth-order valence-corrected chi connectivity index (χ4v) is 0.909. The Balaban J connectivity index is 2.46. The minimum Gasteiger partial charge on any atom is -0.450 e. The van der Waals surface area contributed by atoms with Gasteiger partial charge in [0.1, 0.15) is 0 Å². The zero-order chi connectivity index (χ0) is 11.5. The summed E-state index contributed by atoms with van der Waals surface area (Å²) in [6, 6.07) is 0. The van der Waals surface area contributed by atoms with Crippen molar-refractivity contribution in [1.29, 1.82) is 0 Å². The number of carboxylic acid groups (broad SMARTS) is 1. The van der Waals surface area contributed by atoms with E-state index in [1.165, 1.54) is 0 Å². The second-order valence-electron chi connectivity index (χ2n) is 2.90. The molecule has 7 nitrogen and oxygen atoms in total. The third-order valence-electron chi connectivity index (χ3n) is 1.84. The van der Waals surface area contributed by atoms with E-state index in [4.69, 9.17) is 9.84 Å². The van der Waals surface area contributed by atoms with E-state index in [0.29, 0.717) is 6.42 Å². The first-order valence-electron chi connectivity index (χ1n) is 4.52. The maximum atomic E-state index is 11.4. The highest BCUT2D eigenvalue weighted by atomic mass is 17.5. The van der Waals surface area contributed by atoms with Crippen LogP contribution in [-0.4, -0.2) is 29.3 Å². The van der Waals surface area contributed by atoms with Crippen molar-refractivity contribution in [3.63, 3.8) is 0 Å². The lowest BCUT2D eigenvalue weighted by atomic mass is 10.3. The molecule has 1 aliphatic heterocycles. The zero-order valence-corrected chi connectivity index (χ0v) is 8.39. The highest BCUT2D eigenvalue weighted by Crippen LogP contribution is 2.34. The molecule has 0 radical (unpaired) electrons. The predicted molar refractivity (Wildman–Crippen MR) is 44.5 cm³/mol. The van der Waals surface area contributed by atoms with E-state index in [1.807, 2.05) is 0 Å². The molecule has 1 atom stereocenters. The molecule has 0 spiro atoms. The van der Waals surface area contributed by atoms with Crippen LogP contribution in [0.1, 0.15) is 26.7 Å². The Labute approximate surface area is 85.8 Å². The highest BCUT2D eigenvalue weighted by Gasteiger charge is 2.53. The van der Waals surface area contributed by atoms with Crippen LogP contribution in [0.3, 0.4) is 0 Å². The summed E-state index contributed by atoms with van der Waals surface area (Å²) in [5, 5.41) is 8.34. The van der Waals surface area contributed by atoms with Gasteiger partial charge in [0.15, 0.2) is 0 Å². The van der Waals surface area contributed by atoms with Crippen LogP contribution in [0.4, 0.5) is 4.79 Å². The van der Waals surface area contributed by atoms with Crippen molar-refractivity contribution in [2.45, 2.75) is 38.8 Å². The van der Waals surface area contributed by atoms with Crippen molar-refractivity contribution in [1.82, 2.24) is 0 Å². The lowest BCUT2D eigenvalue weighted by Gasteiger charge is -2.13. The van der Waals surface area contributed by atoms with Gasteiger partial charge in [-0.1, -0.05) is 13.8 Å². The molecule has 1 aliphatic rings. The van der Waals surface area contributed by atoms with Crippen molar-refractivity contribution in [3.8, 4) is 0 Å². The molecular formula is C8H12O7. The van der Waals surface area contributed by atoms with E-state index in [1.54, 1.807) is 13.8 Å². The topological polar surface area (TPSA) is 97.9 Å². The molecule has 0 aromatic heterocycles. The molecule has 1 heterocycles. The summed E-state index contributed by atoms with van der Waals surface area (Å²) in [4.78, 5) is 30.5. The van der Waals surface area contributed by atoms with Gasteiger partial charge < -0.3 is 14.6 Å². The molecule has 7 heteroatoms. The second kappa shape index (κ2) is 4.45. The Morgan fingerprint density at radius 3 is 2.33 bits per heavy atom. The molecule has 0 aromatic carbocycles. The fraction of sp³-hybridized carbons (Fsp3) is 0.750. The SMILES string of the molecule is CCC(OC(=O)O)C(=O)OC1(CC)OO1. The number of carbonyl (C=O) groups is 2. The first-order valence-corrected chi connectivity index (χ1v) is 4.52. The van der Waals surface area contributed by atoms with Crippen molar-refractivity contribution in [2.75, 3.05) is 0 Å². The fourth-order valence-electron chi connectivity index (χ4n) is 0.909. The number of rotatable bonds is 5. The minimum absolute atomic E-state index is 0.185. The van der Waals surface area contributed by atoms with Crippen molar-refractivity contribution < 1.29 is 33.9 Å². The number of carbonyl (C=O) groups excluding carboxylic acids is 1. The van der Waals surface area contributed by atoms with Crippen LogP contribution in [0.25, 0.3) is 0 Å². The van der Waals surface area contributed by atoms with Crippen LogP contribution >= 0.6 is 0 Å². The van der Waals surface area contributed by atoms with Gasteiger partial charge in [0.25, 0.3) is 0 Å². The van der Waals surface area contributed by atoms with E-state index >= 15 is 0 Å². The van der Waals surface area contributed by atoms with E-state index in [-0.39, 0.29) is 6.42 Å². The molecule has 1 N–H and O–H groups in total. The van der Waals surface area contributed by atoms with E-state index in [2.05, 4.69) is 14.5 Å². The van der Waals surface area contributed by atoms with Gasteiger partial charge >= 0.3 is 18.1 Å². The van der Waals surface area contributed by atoms with Crippen LogP contribution in [0.5, 0.6) is 0 Å². The van der Waals surface area contributed by atoms with Gasteiger partial charge in [0.05, 0.1) is 0 Å². The van der Waals surface area contributed by atoms with Crippen LogP contribution < -0.4 is 0 Å². The molecule has 0 bridgehead atoms. The maximum absolute atomic E-state index is 11.4. The summed E-state index contributed by atoms with van der Waals surface area (Å²) in [5.74, 6) is -2.16. The zero-order valence-electron chi connectivity index (χ0n) is 8.39. The normalized spacial score (nSPS) is 19.1. The summed E-state index contributed by atoms with van der Waals surface area (Å²) in [6.07, 6.45) is -2.17. The van der Waals surface area contributed by atoms with E-state index in [0.717, 1.165) is 0 Å². The third-order valence-corrected chi connectivity index (χ3v) is 1.84. The summed E-state index contributed by atoms with van der Waals surface area (Å²) < 4.78 is 9.09. The molecule has 0 amide bonds. The Bertz CT molecular complexity index is 258. The van der Waals surface area contributed by atoms with Gasteiger partial charge in [-0.2, -0.15) is 9.78 Å². The van der Waals surface area contributed by atoms with Gasteiger partial charge in [-0.3, -0.25) is 0 Å². The predicted octanol–water partition coefficient (Wildman–Crippen LogP) is 1.03. The highest BCUT2D eigenvalue weighted by molar-refractivity contribution is 5.77. The average Bonchev–Trinajstić information content (AvgIpc) is 2.94. The summed E-state index contributed by atoms with van der Waals surface area (Å²) >= 11 is 0. The number of ether oxygens (including phenoxy) is 2. The van der Waals surface area contributed by atoms with E-state index in [9.17, 15) is 9.59 Å². The van der Waals surface area contributed by atoms with E-state index < -0.39 is 24.2 Å². The molecule has 1 saturated heterocycles. The van der Waals surface area contributed by atoms with Crippen LogP contribution in [-0.2, 0) is 24.0 Å². The molecule has 1 fully saturated rings. The van der Waals surface area contributed by atoms with Gasteiger partial charge in [0.2, 0.25) is 6.10 Å². The lowest BCUT2D eigenvalue weighted by molar-refractivity contribution is -0.173. The van der Waals surface area contributed by atoms with Crippen molar-refractivity contribution in [2.24, 2.45) is 0 Å². The first-order chi connectivity index (χ1) is 7.03. The summed E-state index contributed by atoms with van der Waals surface area (Å²) in [7, 11) is 0. The Morgan fingerprint density at radius 1 is 1.40 bits per heavy atom. The molecule has 0 aliphatic carbocycles. The van der Waals surface area contributed by atoms with Crippen LogP contribution in [0.2, 0.25) is 0 Å². The Hall–Kier alpha value is -1.34. The van der Waals surface area contributed by atoms with Crippen LogP contribution in [0.15, 0.2) is 0 Å². The standard InChI is InChI=1S/C8H12O7/c1-3-5(12-7(10)11)6(9)13-8(4-2)14-15-8/h5H,3-4H2,1-2H3,(H,10,11). The largest absolute Gasteiger partial charge is 0.506 e. The summed E-state index contributed by atoms with van der Waals surface area (Å²) in [5.41, 5.74) is 0. The van der Waals surface area contributed by atoms with Gasteiger partial charge in [-0.15, -0.1) is 0 Å². The van der Waals surface area contributed by atoms with Gasteiger partial charge in [-0.05, 0) is 6.42 Å². The monoisotopic (exact) mass is 220 g/mol. The number of hydrogen-bond acceptors (Lipinski definition) is 6. The third kappa shape index (κ3) is 3.07. The van der Waals surface area contributed by atoms with Gasteiger partial charge in [0, 0.05) is 6.42 Å². The number of hydrogen-bond donors (Lipinski definition) is 1. The molecule has 1 rings (SSSR count). The summed E-state index contributed by atoms with van der Waals surface area (Å²) in [6.45, 7) is 3.29. The Morgan fingerprint density at radius 2 is 2.00 bits per heavy atom. The molecule has 0 saturated carbocycles. The maximum Gasteiger partial charge on any atom is 0.506 e. The van der Waals surface area contributed by atoms with Crippen LogP contribution in [0, 0.1) is 0 Å².